The molecule has 2 rings (SSSR count). The largest absolute Gasteiger partial charge is 0.311 e. The number of nitrogens with zero attached hydrogens (tertiary/aromatic N) is 1. The summed E-state index contributed by atoms with van der Waals surface area (Å²) in [6.45, 7) is 9.50. The lowest BCUT2D eigenvalue weighted by molar-refractivity contribution is 0.0642. The van der Waals surface area contributed by atoms with E-state index in [1.54, 1.807) is 0 Å². The predicted molar refractivity (Wildman–Crippen MR) is 73.1 cm³/mol. The zero-order valence-corrected chi connectivity index (χ0v) is 11.7. The average Bonchev–Trinajstić information content (AvgIpc) is 2.81. The van der Waals surface area contributed by atoms with E-state index >= 15 is 0 Å². The fraction of sp³-hybridized carbons (Fsp3) is 1.00. The van der Waals surface area contributed by atoms with Crippen molar-refractivity contribution in [2.45, 2.75) is 51.7 Å². The summed E-state index contributed by atoms with van der Waals surface area (Å²) in [6, 6.07) is 2.33. The number of rotatable bonds is 3. The van der Waals surface area contributed by atoms with Crippen molar-refractivity contribution >= 4 is 11.8 Å². The predicted octanol–water partition coefficient (Wildman–Crippen LogP) is 2.20. The van der Waals surface area contributed by atoms with Crippen molar-refractivity contribution in [2.75, 3.05) is 24.6 Å². The van der Waals surface area contributed by atoms with E-state index in [0.717, 1.165) is 24.0 Å². The summed E-state index contributed by atoms with van der Waals surface area (Å²) in [4.78, 5) is 2.81. The summed E-state index contributed by atoms with van der Waals surface area (Å²) >= 11 is 2.14. The van der Waals surface area contributed by atoms with E-state index in [-0.39, 0.29) is 0 Å². The molecule has 3 heteroatoms. The molecular formula is C13H26N2S. The maximum Gasteiger partial charge on any atom is 0.0247 e. The van der Waals surface area contributed by atoms with Gasteiger partial charge in [-0.05, 0) is 24.5 Å². The fourth-order valence-corrected chi connectivity index (χ4v) is 4.19. The third kappa shape index (κ3) is 2.74. The minimum Gasteiger partial charge on any atom is -0.311 e. The van der Waals surface area contributed by atoms with Crippen LogP contribution in [0.2, 0.25) is 0 Å². The van der Waals surface area contributed by atoms with E-state index in [0.29, 0.717) is 0 Å². The van der Waals surface area contributed by atoms with E-state index in [2.05, 4.69) is 42.7 Å². The summed E-state index contributed by atoms with van der Waals surface area (Å²) in [5, 5.41) is 3.71. The second-order valence-corrected chi connectivity index (χ2v) is 6.69. The van der Waals surface area contributed by atoms with Crippen LogP contribution in [0.25, 0.3) is 0 Å². The second kappa shape index (κ2) is 5.74. The Balaban J connectivity index is 2.01. The molecule has 0 aliphatic carbocycles. The van der Waals surface area contributed by atoms with Crippen LogP contribution in [0.5, 0.6) is 0 Å². The molecule has 94 valence electrons. The van der Waals surface area contributed by atoms with Crippen LogP contribution in [-0.4, -0.2) is 47.6 Å². The van der Waals surface area contributed by atoms with Crippen LogP contribution >= 0.6 is 11.8 Å². The molecule has 3 atom stereocenters. The molecule has 2 heterocycles. The van der Waals surface area contributed by atoms with Gasteiger partial charge in [-0.15, -0.1) is 0 Å². The molecule has 2 nitrogen and oxygen atoms in total. The second-order valence-electron chi connectivity index (χ2n) is 5.54. The molecule has 0 amide bonds. The van der Waals surface area contributed by atoms with Crippen molar-refractivity contribution < 1.29 is 0 Å². The van der Waals surface area contributed by atoms with Crippen LogP contribution in [0.3, 0.4) is 0 Å². The molecule has 16 heavy (non-hydrogen) atoms. The third-order valence-corrected chi connectivity index (χ3v) is 5.25. The number of thioether (sulfide) groups is 1. The molecule has 0 aromatic heterocycles. The molecule has 2 fully saturated rings. The van der Waals surface area contributed by atoms with Crippen molar-refractivity contribution in [1.29, 1.82) is 0 Å². The first-order valence-electron chi connectivity index (χ1n) is 6.79. The first-order chi connectivity index (χ1) is 7.72. The summed E-state index contributed by atoms with van der Waals surface area (Å²) in [5.74, 6) is 3.51. The monoisotopic (exact) mass is 242 g/mol. The molecule has 0 spiro atoms. The van der Waals surface area contributed by atoms with E-state index < -0.39 is 0 Å². The maximum absolute atomic E-state index is 3.71. The van der Waals surface area contributed by atoms with E-state index in [9.17, 15) is 0 Å². The van der Waals surface area contributed by atoms with Gasteiger partial charge in [0.1, 0.15) is 0 Å². The Kier molecular flexibility index (Phi) is 4.57. The molecule has 2 aliphatic rings. The Bertz CT molecular complexity index is 214. The van der Waals surface area contributed by atoms with Crippen LogP contribution < -0.4 is 5.32 Å². The van der Waals surface area contributed by atoms with Gasteiger partial charge in [-0.25, -0.2) is 0 Å². The molecule has 0 bridgehead atoms. The van der Waals surface area contributed by atoms with Gasteiger partial charge in [-0.1, -0.05) is 20.8 Å². The Labute approximate surface area is 105 Å². The van der Waals surface area contributed by atoms with Gasteiger partial charge in [0, 0.05) is 37.0 Å². The van der Waals surface area contributed by atoms with Gasteiger partial charge in [-0.3, -0.25) is 4.90 Å². The number of hydrogen-bond acceptors (Lipinski definition) is 3. The van der Waals surface area contributed by atoms with Crippen LogP contribution in [0.1, 0.15) is 33.6 Å². The molecule has 0 aromatic carbocycles. The minimum atomic E-state index is 0.723. The normalized spacial score (nSPS) is 37.1. The van der Waals surface area contributed by atoms with Crippen LogP contribution in [0.4, 0.5) is 0 Å². The smallest absolute Gasteiger partial charge is 0.0247 e. The van der Waals surface area contributed by atoms with Gasteiger partial charge in [-0.2, -0.15) is 11.8 Å². The van der Waals surface area contributed by atoms with Crippen LogP contribution in [0.15, 0.2) is 0 Å². The SMILES string of the molecule is CCC1CN(C2CCSC2)C(C(C)C)CN1. The number of hydrogen-bond donors (Lipinski definition) is 1. The van der Waals surface area contributed by atoms with Gasteiger partial charge in [0.05, 0.1) is 0 Å². The third-order valence-electron chi connectivity index (χ3n) is 4.11. The Morgan fingerprint density at radius 1 is 1.44 bits per heavy atom. The maximum atomic E-state index is 3.71. The lowest BCUT2D eigenvalue weighted by Crippen LogP contribution is -2.61. The van der Waals surface area contributed by atoms with E-state index in [1.165, 1.54) is 37.4 Å². The summed E-state index contributed by atoms with van der Waals surface area (Å²) in [7, 11) is 0. The number of nitrogens with one attached hydrogen (secondary N) is 1. The summed E-state index contributed by atoms with van der Waals surface area (Å²) in [5.41, 5.74) is 0. The zero-order chi connectivity index (χ0) is 11.5. The summed E-state index contributed by atoms with van der Waals surface area (Å²) < 4.78 is 0. The quantitative estimate of drug-likeness (QED) is 0.817. The molecule has 2 aliphatic heterocycles. The zero-order valence-electron chi connectivity index (χ0n) is 10.9. The highest BCUT2D eigenvalue weighted by Gasteiger charge is 2.34. The highest BCUT2D eigenvalue weighted by molar-refractivity contribution is 7.99. The van der Waals surface area contributed by atoms with Crippen LogP contribution in [-0.2, 0) is 0 Å². The van der Waals surface area contributed by atoms with Crippen molar-refractivity contribution in [3.05, 3.63) is 0 Å². The molecule has 0 aromatic rings. The lowest BCUT2D eigenvalue weighted by atomic mass is 9.95. The van der Waals surface area contributed by atoms with Gasteiger partial charge < -0.3 is 5.32 Å². The van der Waals surface area contributed by atoms with Crippen molar-refractivity contribution in [3.8, 4) is 0 Å². The van der Waals surface area contributed by atoms with Gasteiger partial charge in [0.2, 0.25) is 0 Å². The Morgan fingerprint density at radius 3 is 2.81 bits per heavy atom. The number of piperazine rings is 1. The first-order valence-corrected chi connectivity index (χ1v) is 7.94. The summed E-state index contributed by atoms with van der Waals surface area (Å²) in [6.07, 6.45) is 2.67. The lowest BCUT2D eigenvalue weighted by Gasteiger charge is -2.45. The molecule has 3 unspecified atom stereocenters. The molecule has 0 saturated carbocycles. The van der Waals surface area contributed by atoms with Gasteiger partial charge >= 0.3 is 0 Å². The standard InChI is InChI=1S/C13H26N2S/c1-4-11-8-15(12-5-6-16-9-12)13(7-14-11)10(2)3/h10-14H,4-9H2,1-3H3. The van der Waals surface area contributed by atoms with E-state index in [1.807, 2.05) is 0 Å². The first kappa shape index (κ1) is 12.7. The highest BCUT2D eigenvalue weighted by atomic mass is 32.2. The van der Waals surface area contributed by atoms with Crippen molar-refractivity contribution in [2.24, 2.45) is 5.92 Å². The van der Waals surface area contributed by atoms with Crippen molar-refractivity contribution in [1.82, 2.24) is 10.2 Å². The highest BCUT2D eigenvalue weighted by Crippen LogP contribution is 2.28. The molecule has 0 radical (unpaired) electrons. The van der Waals surface area contributed by atoms with Crippen molar-refractivity contribution in [3.63, 3.8) is 0 Å². The average molecular weight is 242 g/mol. The minimum absolute atomic E-state index is 0.723. The fourth-order valence-electron chi connectivity index (χ4n) is 2.95. The van der Waals surface area contributed by atoms with Crippen LogP contribution in [0, 0.1) is 5.92 Å². The Hall–Kier alpha value is 0.270. The van der Waals surface area contributed by atoms with Gasteiger partial charge in [0.25, 0.3) is 0 Å². The molecule has 2 saturated heterocycles. The molecule has 1 N–H and O–H groups in total. The molecular weight excluding hydrogens is 216 g/mol. The van der Waals surface area contributed by atoms with E-state index in [4.69, 9.17) is 0 Å². The Morgan fingerprint density at radius 2 is 2.25 bits per heavy atom. The van der Waals surface area contributed by atoms with Gasteiger partial charge in [0.15, 0.2) is 0 Å². The topological polar surface area (TPSA) is 15.3 Å².